The Labute approximate surface area is 104 Å². The molecule has 1 aromatic rings. The first-order valence-electron chi connectivity index (χ1n) is 5.08. The zero-order valence-corrected chi connectivity index (χ0v) is 10.1. The van der Waals surface area contributed by atoms with E-state index in [2.05, 4.69) is 0 Å². The summed E-state index contributed by atoms with van der Waals surface area (Å²) in [7, 11) is 0. The molecule has 1 aromatic carbocycles. The van der Waals surface area contributed by atoms with Crippen LogP contribution in [0.4, 0.5) is 0 Å². The van der Waals surface area contributed by atoms with Gasteiger partial charge in [0.05, 0.1) is 24.7 Å². The number of esters is 1. The van der Waals surface area contributed by atoms with Crippen molar-refractivity contribution < 1.29 is 14.6 Å². The van der Waals surface area contributed by atoms with Gasteiger partial charge in [0.2, 0.25) is 0 Å². The van der Waals surface area contributed by atoms with Crippen molar-refractivity contribution in [3.63, 3.8) is 0 Å². The zero-order valence-electron chi connectivity index (χ0n) is 9.36. The van der Waals surface area contributed by atoms with Crippen molar-refractivity contribution in [1.82, 2.24) is 0 Å². The highest BCUT2D eigenvalue weighted by Crippen LogP contribution is 2.24. The fourth-order valence-corrected chi connectivity index (χ4v) is 1.63. The number of phenolic OH excluding ortho intramolecular Hbond substituents is 1. The van der Waals surface area contributed by atoms with Crippen LogP contribution < -0.4 is 0 Å². The van der Waals surface area contributed by atoms with Crippen molar-refractivity contribution in [3.8, 4) is 11.8 Å². The molecule has 0 aliphatic carbocycles. The van der Waals surface area contributed by atoms with Gasteiger partial charge in [-0.1, -0.05) is 0 Å². The number of benzene rings is 1. The van der Waals surface area contributed by atoms with Crippen LogP contribution in [0, 0.1) is 11.3 Å². The number of ether oxygens (including phenoxy) is 1. The number of carbonyl (C=O) groups is 1. The summed E-state index contributed by atoms with van der Waals surface area (Å²) < 4.78 is 4.78. The van der Waals surface area contributed by atoms with Crippen LogP contribution in [0.1, 0.15) is 23.6 Å². The lowest BCUT2D eigenvalue weighted by Gasteiger charge is -2.08. The molecule has 0 spiro atoms. The Bertz CT molecular complexity index is 466. The Hall–Kier alpha value is -1.73. The third kappa shape index (κ3) is 3.36. The summed E-state index contributed by atoms with van der Waals surface area (Å²) >= 11 is 5.68. The van der Waals surface area contributed by atoms with Gasteiger partial charge in [-0.2, -0.15) is 5.26 Å². The van der Waals surface area contributed by atoms with Gasteiger partial charge in [0.1, 0.15) is 5.75 Å². The van der Waals surface area contributed by atoms with Gasteiger partial charge in [-0.05, 0) is 24.6 Å². The molecule has 0 unspecified atom stereocenters. The van der Waals surface area contributed by atoms with Gasteiger partial charge >= 0.3 is 5.97 Å². The first kappa shape index (κ1) is 13.3. The largest absolute Gasteiger partial charge is 0.508 e. The summed E-state index contributed by atoms with van der Waals surface area (Å²) in [5.41, 5.74) is 1.31. The number of phenols is 1. The molecule has 0 atom stereocenters. The summed E-state index contributed by atoms with van der Waals surface area (Å²) in [4.78, 5) is 11.3. The number of carbonyl (C=O) groups excluding carboxylic acids is 1. The van der Waals surface area contributed by atoms with Crippen molar-refractivity contribution >= 4 is 17.6 Å². The minimum atomic E-state index is -0.423. The molecule has 0 bridgehead atoms. The quantitative estimate of drug-likeness (QED) is 0.659. The molecule has 0 fully saturated rings. The Kier molecular flexibility index (Phi) is 4.80. The fourth-order valence-electron chi connectivity index (χ4n) is 1.41. The number of rotatable bonds is 4. The molecule has 0 radical (unpaired) electrons. The Morgan fingerprint density at radius 2 is 2.24 bits per heavy atom. The monoisotopic (exact) mass is 253 g/mol. The standard InChI is InChI=1S/C12H12ClNO3/c1-2-17-12(16)5-8-3-9(6-13)10(7-14)4-11(8)15/h3-4,15H,2,5-6H2,1H3. The van der Waals surface area contributed by atoms with Crippen molar-refractivity contribution in [2.75, 3.05) is 6.61 Å². The fraction of sp³-hybridized carbons (Fsp3) is 0.333. The summed E-state index contributed by atoms with van der Waals surface area (Å²) in [6.45, 7) is 2.00. The normalized spacial score (nSPS) is 9.71. The maximum atomic E-state index is 11.3. The van der Waals surface area contributed by atoms with E-state index in [1.54, 1.807) is 13.0 Å². The molecule has 0 aliphatic rings. The topological polar surface area (TPSA) is 70.3 Å². The minimum absolute atomic E-state index is 0.0325. The van der Waals surface area contributed by atoms with E-state index in [1.807, 2.05) is 6.07 Å². The third-order valence-electron chi connectivity index (χ3n) is 2.21. The van der Waals surface area contributed by atoms with Gasteiger partial charge in [-0.25, -0.2) is 0 Å². The maximum absolute atomic E-state index is 11.3. The second kappa shape index (κ2) is 6.12. The van der Waals surface area contributed by atoms with E-state index in [1.165, 1.54) is 6.07 Å². The summed E-state index contributed by atoms with van der Waals surface area (Å²) in [6, 6.07) is 4.80. The van der Waals surface area contributed by atoms with E-state index in [-0.39, 0.29) is 24.7 Å². The van der Waals surface area contributed by atoms with Gasteiger partial charge in [0.15, 0.2) is 0 Å². The van der Waals surface area contributed by atoms with Crippen LogP contribution in [0.25, 0.3) is 0 Å². The molecular weight excluding hydrogens is 242 g/mol. The SMILES string of the molecule is CCOC(=O)Cc1cc(CCl)c(C#N)cc1O. The van der Waals surface area contributed by atoms with Crippen LogP contribution in [0.15, 0.2) is 12.1 Å². The maximum Gasteiger partial charge on any atom is 0.310 e. The molecule has 0 amide bonds. The molecule has 90 valence electrons. The molecule has 1 rings (SSSR count). The smallest absolute Gasteiger partial charge is 0.310 e. The first-order chi connectivity index (χ1) is 8.12. The van der Waals surface area contributed by atoms with Gasteiger partial charge in [0, 0.05) is 11.4 Å². The predicted molar refractivity (Wildman–Crippen MR) is 62.7 cm³/mol. The number of nitrogens with zero attached hydrogens (tertiary/aromatic N) is 1. The van der Waals surface area contributed by atoms with Gasteiger partial charge in [0.25, 0.3) is 0 Å². The zero-order chi connectivity index (χ0) is 12.8. The molecule has 0 saturated heterocycles. The molecule has 0 aliphatic heterocycles. The van der Waals surface area contributed by atoms with Gasteiger partial charge in [-0.3, -0.25) is 4.79 Å². The molecule has 17 heavy (non-hydrogen) atoms. The number of alkyl halides is 1. The third-order valence-corrected chi connectivity index (χ3v) is 2.50. The number of halogens is 1. The molecular formula is C12H12ClNO3. The van der Waals surface area contributed by atoms with Crippen LogP contribution >= 0.6 is 11.6 Å². The molecule has 0 saturated carbocycles. The first-order valence-corrected chi connectivity index (χ1v) is 5.62. The van der Waals surface area contributed by atoms with Gasteiger partial charge < -0.3 is 9.84 Å². The predicted octanol–water partition coefficient (Wildman–Crippen LogP) is 2.11. The summed E-state index contributed by atoms with van der Waals surface area (Å²) in [5, 5.41) is 18.5. The van der Waals surface area contributed by atoms with Gasteiger partial charge in [-0.15, -0.1) is 11.6 Å². The number of hydrogen-bond acceptors (Lipinski definition) is 4. The number of aromatic hydroxyl groups is 1. The Morgan fingerprint density at radius 3 is 2.76 bits per heavy atom. The molecule has 0 aromatic heterocycles. The van der Waals surface area contributed by atoms with Crippen LogP contribution in [-0.4, -0.2) is 17.7 Å². The number of hydrogen-bond donors (Lipinski definition) is 1. The lowest BCUT2D eigenvalue weighted by molar-refractivity contribution is -0.142. The molecule has 4 nitrogen and oxygen atoms in total. The Balaban J connectivity index is 3.01. The average Bonchev–Trinajstić information content (AvgIpc) is 2.31. The van der Waals surface area contributed by atoms with E-state index in [4.69, 9.17) is 21.6 Å². The molecule has 5 heteroatoms. The van der Waals surface area contributed by atoms with E-state index >= 15 is 0 Å². The lowest BCUT2D eigenvalue weighted by Crippen LogP contribution is -2.08. The second-order valence-electron chi connectivity index (χ2n) is 3.37. The number of nitriles is 1. The Morgan fingerprint density at radius 1 is 1.53 bits per heavy atom. The second-order valence-corrected chi connectivity index (χ2v) is 3.63. The highest BCUT2D eigenvalue weighted by atomic mass is 35.5. The van der Waals surface area contributed by atoms with Crippen LogP contribution in [0.3, 0.4) is 0 Å². The lowest BCUT2D eigenvalue weighted by atomic mass is 10.0. The van der Waals surface area contributed by atoms with E-state index in [9.17, 15) is 9.90 Å². The molecule has 0 heterocycles. The van der Waals surface area contributed by atoms with Crippen molar-refractivity contribution in [3.05, 3.63) is 28.8 Å². The van der Waals surface area contributed by atoms with Crippen LogP contribution in [-0.2, 0) is 21.8 Å². The summed E-state index contributed by atoms with van der Waals surface area (Å²) in [6.07, 6.45) is -0.0325. The van der Waals surface area contributed by atoms with E-state index < -0.39 is 5.97 Å². The minimum Gasteiger partial charge on any atom is -0.508 e. The highest BCUT2D eigenvalue weighted by molar-refractivity contribution is 6.17. The van der Waals surface area contributed by atoms with Crippen molar-refractivity contribution in [1.29, 1.82) is 5.26 Å². The van der Waals surface area contributed by atoms with Crippen LogP contribution in [0.2, 0.25) is 0 Å². The van der Waals surface area contributed by atoms with Crippen LogP contribution in [0.5, 0.6) is 5.75 Å². The highest BCUT2D eigenvalue weighted by Gasteiger charge is 2.12. The average molecular weight is 254 g/mol. The molecule has 1 N–H and O–H groups in total. The van der Waals surface area contributed by atoms with E-state index in [0.717, 1.165) is 0 Å². The van der Waals surface area contributed by atoms with Crippen molar-refractivity contribution in [2.45, 2.75) is 19.2 Å². The van der Waals surface area contributed by atoms with Crippen molar-refractivity contribution in [2.24, 2.45) is 0 Å². The summed E-state index contributed by atoms with van der Waals surface area (Å²) in [5.74, 6) is -0.365. The van der Waals surface area contributed by atoms with E-state index in [0.29, 0.717) is 16.7 Å².